The molecule has 0 aromatic carbocycles. The van der Waals surface area contributed by atoms with Crippen molar-refractivity contribution in [3.05, 3.63) is 40.7 Å². The molecule has 2 heterocycles. The van der Waals surface area contributed by atoms with E-state index >= 15 is 0 Å². The smallest absolute Gasteiger partial charge is 0.255 e. The van der Waals surface area contributed by atoms with Gasteiger partial charge in [-0.15, -0.1) is 0 Å². The van der Waals surface area contributed by atoms with Gasteiger partial charge in [0.2, 0.25) is 0 Å². The van der Waals surface area contributed by atoms with Gasteiger partial charge in [-0.1, -0.05) is 11.6 Å². The highest BCUT2D eigenvalue weighted by Gasteiger charge is 2.27. The van der Waals surface area contributed by atoms with Crippen molar-refractivity contribution in [2.75, 3.05) is 17.2 Å². The molecule has 172 valence electrons. The Bertz CT molecular complexity index is 1010. The molecule has 0 spiro atoms. The van der Waals surface area contributed by atoms with Gasteiger partial charge in [0.05, 0.1) is 40.0 Å². The summed E-state index contributed by atoms with van der Waals surface area (Å²) in [6.45, 7) is 5.15. The van der Waals surface area contributed by atoms with Gasteiger partial charge < -0.3 is 21.1 Å². The average molecular weight is 467 g/mol. The largest absolute Gasteiger partial charge is 0.387 e. The molecule has 2 aromatic rings. The van der Waals surface area contributed by atoms with Crippen molar-refractivity contribution in [1.82, 2.24) is 15.3 Å². The minimum Gasteiger partial charge on any atom is -0.387 e. The molecule has 1 amide bonds. The number of amides is 1. The molecule has 0 bridgehead atoms. The summed E-state index contributed by atoms with van der Waals surface area (Å²) >= 11 is 6.12. The molecule has 0 aliphatic rings. The number of aromatic nitrogens is 2. The van der Waals surface area contributed by atoms with E-state index in [-0.39, 0.29) is 33.5 Å². The van der Waals surface area contributed by atoms with Crippen LogP contribution in [0.3, 0.4) is 0 Å². The zero-order chi connectivity index (χ0) is 24.1. The van der Waals surface area contributed by atoms with Crippen LogP contribution in [-0.4, -0.2) is 51.5 Å². The summed E-state index contributed by atoms with van der Waals surface area (Å²) in [4.78, 5) is 20.8. The van der Waals surface area contributed by atoms with Crippen LogP contribution in [0.15, 0.2) is 24.5 Å². The molecule has 3 atom stereocenters. The number of nitriles is 1. The normalized spacial score (nSPS) is 14.1. The highest BCUT2D eigenvalue weighted by molar-refractivity contribution is 6.33. The van der Waals surface area contributed by atoms with Crippen LogP contribution in [0.5, 0.6) is 0 Å². The van der Waals surface area contributed by atoms with Crippen LogP contribution in [0.25, 0.3) is 0 Å². The molecular weight excluding hydrogens is 442 g/mol. The minimum absolute atomic E-state index is 0.0601. The molecule has 2 aromatic heterocycles. The van der Waals surface area contributed by atoms with Crippen molar-refractivity contribution in [3.63, 3.8) is 0 Å². The molecule has 0 saturated carbocycles. The molecule has 0 aliphatic carbocycles. The first-order valence-electron chi connectivity index (χ1n) is 9.80. The third kappa shape index (κ3) is 6.73. The van der Waals surface area contributed by atoms with Gasteiger partial charge in [0.15, 0.2) is 0 Å². The number of rotatable bonds is 9. The second-order valence-electron chi connectivity index (χ2n) is 7.85. The number of aliphatic hydroxyl groups is 1. The van der Waals surface area contributed by atoms with Crippen molar-refractivity contribution in [2.45, 2.75) is 51.7 Å². The highest BCUT2D eigenvalue weighted by atomic mass is 35.5. The van der Waals surface area contributed by atoms with E-state index in [1.54, 1.807) is 6.92 Å². The topological polar surface area (TPSA) is 123 Å². The number of carbonyl (C=O) groups excluding carboxylic acids is 1. The number of nitrogens with zero attached hydrogens (tertiary/aromatic N) is 3. The fourth-order valence-electron chi connectivity index (χ4n) is 2.42. The number of hydrogen-bond donors (Lipinski definition) is 4. The van der Waals surface area contributed by atoms with E-state index in [0.29, 0.717) is 0 Å². The summed E-state index contributed by atoms with van der Waals surface area (Å²) in [7, 11) is 0. The Morgan fingerprint density at radius 2 is 1.97 bits per heavy atom. The number of alkyl halides is 2. The molecule has 11 heteroatoms. The van der Waals surface area contributed by atoms with E-state index < -0.39 is 36.4 Å². The van der Waals surface area contributed by atoms with Crippen molar-refractivity contribution in [1.29, 1.82) is 5.26 Å². The van der Waals surface area contributed by atoms with E-state index in [1.165, 1.54) is 45.3 Å². The number of halogens is 3. The minimum atomic E-state index is -1.69. The van der Waals surface area contributed by atoms with Crippen LogP contribution < -0.4 is 16.0 Å². The standard InChI is InChI=1S/C21H25ClF2N6O2/c1-11(23)12(2)29-16-6-18(30-19-15(22)5-13(7-25)8-27-19)26-9-14(16)20(31)28-10-17(24)21(3,4)32/h5-6,8-9,11-12,17,32H,10H2,1-4H3,(H,28,31)(H2,26,27,29,30)/t11?,12-,17?/m1/s1. The Morgan fingerprint density at radius 1 is 1.28 bits per heavy atom. The Balaban J connectivity index is 2.30. The van der Waals surface area contributed by atoms with Crippen molar-refractivity contribution in [2.24, 2.45) is 0 Å². The maximum atomic E-state index is 14.0. The third-order valence-electron chi connectivity index (χ3n) is 4.65. The fraction of sp³-hybridized carbons (Fsp3) is 0.429. The Labute approximate surface area is 190 Å². The second kappa shape index (κ2) is 10.5. The van der Waals surface area contributed by atoms with Crippen LogP contribution in [0, 0.1) is 11.3 Å². The lowest BCUT2D eigenvalue weighted by molar-refractivity contribution is -0.00177. The first-order valence-corrected chi connectivity index (χ1v) is 10.2. The second-order valence-corrected chi connectivity index (χ2v) is 8.26. The SMILES string of the molecule is CC(F)[C@@H](C)Nc1cc(Nc2ncc(C#N)cc2Cl)ncc1C(=O)NCC(F)C(C)(C)O. The molecule has 0 aliphatic heterocycles. The van der Waals surface area contributed by atoms with E-state index in [2.05, 4.69) is 25.9 Å². The molecule has 32 heavy (non-hydrogen) atoms. The van der Waals surface area contributed by atoms with Crippen LogP contribution in [0.2, 0.25) is 5.02 Å². The first-order chi connectivity index (χ1) is 14.9. The summed E-state index contributed by atoms with van der Waals surface area (Å²) in [5.74, 6) is -0.160. The number of pyridine rings is 2. The molecule has 8 nitrogen and oxygen atoms in total. The Kier molecular flexibility index (Phi) is 8.30. The molecule has 2 unspecified atom stereocenters. The molecule has 2 rings (SSSR count). The summed E-state index contributed by atoms with van der Waals surface area (Å²) in [6.07, 6.45) is -0.343. The van der Waals surface area contributed by atoms with Gasteiger partial charge in [0, 0.05) is 18.5 Å². The lowest BCUT2D eigenvalue weighted by atomic mass is 10.0. The molecule has 0 saturated heterocycles. The molecule has 0 fully saturated rings. The molecule has 0 radical (unpaired) electrons. The van der Waals surface area contributed by atoms with Crippen molar-refractivity contribution in [3.8, 4) is 6.07 Å². The predicted molar refractivity (Wildman–Crippen MR) is 119 cm³/mol. The zero-order valence-corrected chi connectivity index (χ0v) is 18.8. The van der Waals surface area contributed by atoms with Gasteiger partial charge in [-0.25, -0.2) is 18.7 Å². The molecular formula is C21H25ClF2N6O2. The van der Waals surface area contributed by atoms with E-state index in [4.69, 9.17) is 16.9 Å². The van der Waals surface area contributed by atoms with Crippen molar-refractivity contribution >= 4 is 34.8 Å². The van der Waals surface area contributed by atoms with Crippen LogP contribution in [-0.2, 0) is 0 Å². The summed E-state index contributed by atoms with van der Waals surface area (Å²) in [5.41, 5.74) is -1.03. The van der Waals surface area contributed by atoms with Crippen molar-refractivity contribution < 1.29 is 18.7 Å². The van der Waals surface area contributed by atoms with Gasteiger partial charge in [-0.3, -0.25) is 4.79 Å². The van der Waals surface area contributed by atoms with Gasteiger partial charge >= 0.3 is 0 Å². The van der Waals surface area contributed by atoms with Crippen LogP contribution >= 0.6 is 11.6 Å². The van der Waals surface area contributed by atoms with E-state index in [0.717, 1.165) is 0 Å². The lowest BCUT2D eigenvalue weighted by Crippen LogP contribution is -2.42. The summed E-state index contributed by atoms with van der Waals surface area (Å²) in [5, 5.41) is 27.0. The number of anilines is 3. The fourth-order valence-corrected chi connectivity index (χ4v) is 2.64. The Hall–Kier alpha value is -3.03. The number of carbonyl (C=O) groups is 1. The predicted octanol–water partition coefficient (Wildman–Crippen LogP) is 3.74. The maximum absolute atomic E-state index is 14.0. The summed E-state index contributed by atoms with van der Waals surface area (Å²) < 4.78 is 27.8. The average Bonchev–Trinajstić information content (AvgIpc) is 2.72. The maximum Gasteiger partial charge on any atom is 0.255 e. The summed E-state index contributed by atoms with van der Waals surface area (Å²) in [6, 6.07) is 4.18. The first kappa shape index (κ1) is 25.2. The van der Waals surface area contributed by atoms with Gasteiger partial charge in [-0.05, 0) is 33.8 Å². The quantitative estimate of drug-likeness (QED) is 0.444. The lowest BCUT2D eigenvalue weighted by Gasteiger charge is -2.23. The van der Waals surface area contributed by atoms with Crippen LogP contribution in [0.4, 0.5) is 26.1 Å². The number of hydrogen-bond acceptors (Lipinski definition) is 7. The van der Waals surface area contributed by atoms with E-state index in [9.17, 15) is 18.7 Å². The highest BCUT2D eigenvalue weighted by Crippen LogP contribution is 2.26. The van der Waals surface area contributed by atoms with Gasteiger partial charge in [-0.2, -0.15) is 5.26 Å². The van der Waals surface area contributed by atoms with Gasteiger partial charge in [0.25, 0.3) is 5.91 Å². The Morgan fingerprint density at radius 3 is 2.53 bits per heavy atom. The molecule has 4 N–H and O–H groups in total. The third-order valence-corrected chi connectivity index (χ3v) is 4.93. The van der Waals surface area contributed by atoms with Gasteiger partial charge in [0.1, 0.15) is 30.0 Å². The zero-order valence-electron chi connectivity index (χ0n) is 18.1. The van der Waals surface area contributed by atoms with Crippen LogP contribution in [0.1, 0.15) is 43.6 Å². The number of nitrogens with one attached hydrogen (secondary N) is 3. The van der Waals surface area contributed by atoms with E-state index in [1.807, 2.05) is 6.07 Å². The monoisotopic (exact) mass is 466 g/mol.